The van der Waals surface area contributed by atoms with Gasteiger partial charge in [-0.1, -0.05) is 89.2 Å². The fourth-order valence-corrected chi connectivity index (χ4v) is 11.2. The monoisotopic (exact) mass is 1220 g/mol. The van der Waals surface area contributed by atoms with Gasteiger partial charge in [-0.15, -0.1) is 11.3 Å². The van der Waals surface area contributed by atoms with E-state index in [-0.39, 0.29) is 90.4 Å². The SMILES string of the molecule is Cc1ncsc1-c1ccc(CNC(=O)[C@@H]2C[C@@H](O)CN2C(=O)C(NC(=O)COCCOCCOCCOCCOc2ccc(NC(=O)c3c(-c4ccccc4)c(-c4ccc(F)cc4)n(CCC(O)CC(O)CC(=O)O)c3C(C)C)cc2)C(C)(C)C)cc1. The molecule has 1 aliphatic rings. The summed E-state index contributed by atoms with van der Waals surface area (Å²) in [7, 11) is 0. The number of amides is 4. The van der Waals surface area contributed by atoms with Gasteiger partial charge in [0.25, 0.3) is 5.91 Å². The van der Waals surface area contributed by atoms with Crippen LogP contribution in [0.5, 0.6) is 5.75 Å². The number of anilines is 1. The molecule has 468 valence electrons. The number of carbonyl (C=O) groups excluding carboxylic acids is 4. The standard InChI is InChI=1S/C65H81FN6O14S/c1-41(2)58-57(56(44-10-8-7-9-11-44)59(45-16-18-47(66)19-17-45)71(58)25-24-49(73)34-50(74)36-55(77)78)63(80)69-48-20-22-52(23-21-48)86-33-32-84-29-28-82-26-27-83-30-31-85-39-54(76)70-61(65(4,5)6)64(81)72-38-51(75)35-53(72)62(79)67-37-43-12-14-46(15-13-43)60-42(3)68-40-87-60/h7-23,40-41,49-51,53,61,73-75H,24-39H2,1-6H3,(H,67,79)(H,69,80)(H,70,76)(H,77,78)/t49?,50?,51-,53+,61?/m1/s1. The van der Waals surface area contributed by atoms with Crippen LogP contribution in [-0.2, 0) is 51.2 Å². The largest absolute Gasteiger partial charge is 0.491 e. The van der Waals surface area contributed by atoms with Crippen molar-refractivity contribution in [3.8, 4) is 38.6 Å². The number of benzene rings is 4. The second kappa shape index (κ2) is 32.5. The van der Waals surface area contributed by atoms with Gasteiger partial charge in [0.1, 0.15) is 36.9 Å². The number of nitrogens with zero attached hydrogens (tertiary/aromatic N) is 3. The molecule has 7 N–H and O–H groups in total. The number of rotatable bonds is 33. The van der Waals surface area contributed by atoms with Gasteiger partial charge in [-0.3, -0.25) is 24.0 Å². The summed E-state index contributed by atoms with van der Waals surface area (Å²) < 4.78 is 44.6. The molecule has 0 aliphatic carbocycles. The van der Waals surface area contributed by atoms with Crippen molar-refractivity contribution in [2.24, 2.45) is 5.41 Å². The Bertz CT molecular complexity index is 3190. The molecule has 0 saturated carbocycles. The molecule has 3 heterocycles. The molecule has 7 rings (SSSR count). The number of aliphatic hydroxyl groups excluding tert-OH is 3. The summed E-state index contributed by atoms with van der Waals surface area (Å²) in [6, 6.07) is 28.2. The van der Waals surface area contributed by atoms with E-state index in [1.807, 2.05) is 101 Å². The van der Waals surface area contributed by atoms with Gasteiger partial charge in [-0.05, 0) is 102 Å². The predicted molar refractivity (Wildman–Crippen MR) is 328 cm³/mol. The van der Waals surface area contributed by atoms with Crippen LogP contribution in [0, 0.1) is 18.2 Å². The fraction of sp³-hybridized carbons (Fsp3) is 0.446. The minimum absolute atomic E-state index is 0.0403. The van der Waals surface area contributed by atoms with E-state index in [4.69, 9.17) is 28.8 Å². The zero-order chi connectivity index (χ0) is 62.6. The lowest BCUT2D eigenvalue weighted by molar-refractivity contribution is -0.144. The summed E-state index contributed by atoms with van der Waals surface area (Å²) in [5, 5.41) is 49.7. The summed E-state index contributed by atoms with van der Waals surface area (Å²) in [6.45, 7) is 13.4. The summed E-state index contributed by atoms with van der Waals surface area (Å²) in [4.78, 5) is 73.1. The van der Waals surface area contributed by atoms with Crippen molar-refractivity contribution in [1.82, 2.24) is 25.1 Å². The molecule has 2 aromatic heterocycles. The van der Waals surface area contributed by atoms with E-state index in [9.17, 15) is 43.7 Å². The lowest BCUT2D eigenvalue weighted by Crippen LogP contribution is -2.58. The van der Waals surface area contributed by atoms with Crippen LogP contribution in [0.15, 0.2) is 109 Å². The third kappa shape index (κ3) is 19.5. The van der Waals surface area contributed by atoms with Crippen LogP contribution >= 0.6 is 11.3 Å². The number of β-amino-alcohol motifs (C(OH)–C–C–N with tert-alkyl or cyclic N) is 1. The van der Waals surface area contributed by atoms with Crippen molar-refractivity contribution in [3.63, 3.8) is 0 Å². The number of halogens is 1. The van der Waals surface area contributed by atoms with Gasteiger partial charge in [0, 0.05) is 43.0 Å². The van der Waals surface area contributed by atoms with E-state index in [0.29, 0.717) is 59.3 Å². The number of hydrogen-bond donors (Lipinski definition) is 7. The summed E-state index contributed by atoms with van der Waals surface area (Å²) in [5.41, 5.74) is 8.15. The first kappa shape index (κ1) is 67.1. The number of ether oxygens (including phenoxy) is 5. The fourth-order valence-electron chi connectivity index (χ4n) is 10.3. The van der Waals surface area contributed by atoms with Gasteiger partial charge in [-0.2, -0.15) is 0 Å². The lowest BCUT2D eigenvalue weighted by Gasteiger charge is -2.35. The van der Waals surface area contributed by atoms with Gasteiger partial charge < -0.3 is 69.5 Å². The molecule has 1 saturated heterocycles. The second-order valence-corrected chi connectivity index (χ2v) is 23.6. The minimum atomic E-state index is -1.24. The molecule has 22 heteroatoms. The molecular weight excluding hydrogens is 1140 g/mol. The van der Waals surface area contributed by atoms with Gasteiger partial charge in [0.15, 0.2) is 0 Å². The number of nitrogens with one attached hydrogen (secondary N) is 3. The molecule has 6 aromatic rings. The molecule has 1 fully saturated rings. The Morgan fingerprint density at radius 2 is 1.40 bits per heavy atom. The lowest BCUT2D eigenvalue weighted by atomic mass is 9.85. The van der Waals surface area contributed by atoms with E-state index in [1.165, 1.54) is 17.0 Å². The molecule has 4 amide bonds. The smallest absolute Gasteiger partial charge is 0.305 e. The number of aliphatic carboxylic acids is 1. The summed E-state index contributed by atoms with van der Waals surface area (Å²) in [6.07, 6.45) is -3.62. The Kier molecular flexibility index (Phi) is 25.1. The number of aryl methyl sites for hydroxylation is 1. The Labute approximate surface area is 511 Å². The number of likely N-dealkylation sites (tertiary alicyclic amines) is 1. The molecule has 20 nitrogen and oxygen atoms in total. The number of carboxylic acids is 1. The molecule has 0 bridgehead atoms. The Morgan fingerprint density at radius 3 is 2.00 bits per heavy atom. The quantitative estimate of drug-likeness (QED) is 0.0192. The van der Waals surface area contributed by atoms with E-state index < -0.39 is 71.7 Å². The number of carboxylic acid groups (broad SMARTS) is 1. The van der Waals surface area contributed by atoms with Crippen LogP contribution in [-0.4, -0.2) is 161 Å². The highest BCUT2D eigenvalue weighted by molar-refractivity contribution is 7.13. The molecule has 0 radical (unpaired) electrons. The normalized spacial score (nSPS) is 15.3. The molecule has 0 spiro atoms. The highest BCUT2D eigenvalue weighted by atomic mass is 32.1. The van der Waals surface area contributed by atoms with E-state index >= 15 is 0 Å². The minimum Gasteiger partial charge on any atom is -0.491 e. The van der Waals surface area contributed by atoms with Crippen LogP contribution in [0.4, 0.5) is 10.1 Å². The number of carbonyl (C=O) groups is 5. The Balaban J connectivity index is 0.794. The van der Waals surface area contributed by atoms with Crippen molar-refractivity contribution in [2.45, 2.75) is 117 Å². The third-order valence-corrected chi connectivity index (χ3v) is 15.5. The number of aliphatic hydroxyl groups is 3. The molecule has 87 heavy (non-hydrogen) atoms. The van der Waals surface area contributed by atoms with Gasteiger partial charge in [-0.25, -0.2) is 9.37 Å². The highest BCUT2D eigenvalue weighted by Crippen LogP contribution is 2.43. The van der Waals surface area contributed by atoms with Gasteiger partial charge in [0.05, 0.1) is 98.3 Å². The first-order valence-electron chi connectivity index (χ1n) is 29.2. The van der Waals surface area contributed by atoms with Crippen LogP contribution in [0.25, 0.3) is 32.8 Å². The van der Waals surface area contributed by atoms with Crippen molar-refractivity contribution in [1.29, 1.82) is 0 Å². The van der Waals surface area contributed by atoms with Crippen LogP contribution in [0.1, 0.15) is 93.5 Å². The average Bonchev–Trinajstić information content (AvgIpc) is 1.64. The third-order valence-electron chi connectivity index (χ3n) is 14.6. The summed E-state index contributed by atoms with van der Waals surface area (Å²) in [5.74, 6) is -3.03. The zero-order valence-electron chi connectivity index (χ0n) is 50.2. The second-order valence-electron chi connectivity index (χ2n) is 22.8. The maximum Gasteiger partial charge on any atom is 0.305 e. The number of thiazole rings is 1. The molecule has 3 unspecified atom stereocenters. The first-order chi connectivity index (χ1) is 41.7. The van der Waals surface area contributed by atoms with Gasteiger partial charge >= 0.3 is 5.97 Å². The number of aromatic nitrogens is 2. The van der Waals surface area contributed by atoms with Crippen molar-refractivity contribution < 1.29 is 72.5 Å². The maximum absolute atomic E-state index is 14.6. The van der Waals surface area contributed by atoms with Gasteiger partial charge in [0.2, 0.25) is 17.7 Å². The van der Waals surface area contributed by atoms with Crippen LogP contribution < -0.4 is 20.7 Å². The predicted octanol–water partition coefficient (Wildman–Crippen LogP) is 8.00. The summed E-state index contributed by atoms with van der Waals surface area (Å²) >= 11 is 1.56. The maximum atomic E-state index is 14.6. The van der Waals surface area contributed by atoms with Crippen LogP contribution in [0.2, 0.25) is 0 Å². The van der Waals surface area contributed by atoms with E-state index in [1.54, 1.807) is 53.2 Å². The molecular formula is C65H81FN6O14S. The van der Waals surface area contributed by atoms with Crippen molar-refractivity contribution in [3.05, 3.63) is 137 Å². The Morgan fingerprint density at radius 1 is 0.782 bits per heavy atom. The van der Waals surface area contributed by atoms with E-state index in [2.05, 4.69) is 20.9 Å². The zero-order valence-corrected chi connectivity index (χ0v) is 51.0. The van der Waals surface area contributed by atoms with Crippen molar-refractivity contribution in [2.75, 3.05) is 71.3 Å². The highest BCUT2D eigenvalue weighted by Gasteiger charge is 2.44. The van der Waals surface area contributed by atoms with Crippen LogP contribution in [0.3, 0.4) is 0 Å². The molecule has 5 atom stereocenters. The average molecular weight is 1220 g/mol. The first-order valence-corrected chi connectivity index (χ1v) is 30.1. The molecule has 4 aromatic carbocycles. The topological polar surface area (TPSA) is 270 Å². The number of hydrogen-bond acceptors (Lipinski definition) is 15. The van der Waals surface area contributed by atoms with E-state index in [0.717, 1.165) is 27.3 Å². The van der Waals surface area contributed by atoms with Crippen molar-refractivity contribution >= 4 is 46.6 Å². The Hall–Kier alpha value is -7.41. The molecule has 1 aliphatic heterocycles.